The van der Waals surface area contributed by atoms with Gasteiger partial charge in [0.1, 0.15) is 12.2 Å². The van der Waals surface area contributed by atoms with E-state index in [-0.39, 0.29) is 0 Å². The lowest BCUT2D eigenvalue weighted by molar-refractivity contribution is -0.281. The zero-order valence-electron chi connectivity index (χ0n) is 7.95. The summed E-state index contributed by atoms with van der Waals surface area (Å²) in [5, 5.41) is 28.0. The molecular weight excluding hydrogens is 192 g/mol. The molecule has 1 rings (SSSR count). The van der Waals surface area contributed by atoms with Crippen molar-refractivity contribution in [1.82, 2.24) is 0 Å². The SMILES string of the molecule is CC(=O)O[C@@H]1[C@@H](O)[C@H](O)O[C@H](C)[C@H]1O. The zero-order chi connectivity index (χ0) is 10.9. The number of aliphatic hydroxyl groups is 3. The third-order valence-electron chi connectivity index (χ3n) is 2.10. The Balaban J connectivity index is 2.71. The molecule has 3 N–H and O–H groups in total. The van der Waals surface area contributed by atoms with Gasteiger partial charge in [0.15, 0.2) is 12.4 Å². The minimum Gasteiger partial charge on any atom is -0.457 e. The van der Waals surface area contributed by atoms with Crippen LogP contribution in [0.3, 0.4) is 0 Å². The van der Waals surface area contributed by atoms with Gasteiger partial charge in [0.25, 0.3) is 0 Å². The van der Waals surface area contributed by atoms with Gasteiger partial charge in [-0.3, -0.25) is 4.79 Å². The molecule has 0 spiro atoms. The van der Waals surface area contributed by atoms with Crippen LogP contribution in [0.1, 0.15) is 13.8 Å². The summed E-state index contributed by atoms with van der Waals surface area (Å²) in [5.41, 5.74) is 0. The fourth-order valence-electron chi connectivity index (χ4n) is 1.34. The largest absolute Gasteiger partial charge is 0.457 e. The third-order valence-corrected chi connectivity index (χ3v) is 2.10. The summed E-state index contributed by atoms with van der Waals surface area (Å²) >= 11 is 0. The predicted octanol–water partition coefficient (Wildman–Crippen LogP) is -1.62. The van der Waals surface area contributed by atoms with E-state index < -0.39 is 36.7 Å². The van der Waals surface area contributed by atoms with E-state index in [1.165, 1.54) is 6.92 Å². The van der Waals surface area contributed by atoms with E-state index in [1.54, 1.807) is 0 Å². The van der Waals surface area contributed by atoms with Crippen molar-refractivity contribution in [1.29, 1.82) is 0 Å². The Morgan fingerprint density at radius 1 is 1.29 bits per heavy atom. The van der Waals surface area contributed by atoms with Gasteiger partial charge in [0.2, 0.25) is 0 Å². The maximum Gasteiger partial charge on any atom is 0.303 e. The third kappa shape index (κ3) is 2.21. The van der Waals surface area contributed by atoms with Crippen LogP contribution in [0, 0.1) is 0 Å². The molecule has 1 heterocycles. The van der Waals surface area contributed by atoms with Gasteiger partial charge < -0.3 is 24.8 Å². The highest BCUT2D eigenvalue weighted by atomic mass is 16.6. The van der Waals surface area contributed by atoms with E-state index in [1.807, 2.05) is 0 Å². The van der Waals surface area contributed by atoms with Crippen LogP contribution in [0.2, 0.25) is 0 Å². The molecule has 0 aromatic heterocycles. The van der Waals surface area contributed by atoms with E-state index in [4.69, 9.17) is 4.74 Å². The molecule has 5 atom stereocenters. The van der Waals surface area contributed by atoms with E-state index in [2.05, 4.69) is 4.74 Å². The summed E-state index contributed by atoms with van der Waals surface area (Å²) in [4.78, 5) is 10.6. The highest BCUT2D eigenvalue weighted by molar-refractivity contribution is 5.66. The van der Waals surface area contributed by atoms with Crippen LogP contribution in [0.25, 0.3) is 0 Å². The Bertz CT molecular complexity index is 204. The minimum absolute atomic E-state index is 0.630. The second kappa shape index (κ2) is 4.22. The van der Waals surface area contributed by atoms with Crippen molar-refractivity contribution >= 4 is 5.97 Å². The van der Waals surface area contributed by atoms with Gasteiger partial charge in [0.05, 0.1) is 6.10 Å². The number of carbonyl (C=O) groups is 1. The molecule has 0 radical (unpaired) electrons. The van der Waals surface area contributed by atoms with Crippen molar-refractivity contribution < 1.29 is 29.6 Å². The molecule has 14 heavy (non-hydrogen) atoms. The van der Waals surface area contributed by atoms with Gasteiger partial charge in [-0.2, -0.15) is 0 Å². The quantitative estimate of drug-likeness (QED) is 0.446. The summed E-state index contributed by atoms with van der Waals surface area (Å²) in [6.07, 6.45) is -5.86. The van der Waals surface area contributed by atoms with Crippen molar-refractivity contribution in [3.8, 4) is 0 Å². The molecule has 0 unspecified atom stereocenters. The normalized spacial score (nSPS) is 43.4. The fourth-order valence-corrected chi connectivity index (χ4v) is 1.34. The average Bonchev–Trinajstić information content (AvgIpc) is 2.09. The molecule has 6 nitrogen and oxygen atoms in total. The van der Waals surface area contributed by atoms with Crippen LogP contribution in [0.15, 0.2) is 0 Å². The molecule has 1 aliphatic heterocycles. The number of esters is 1. The molecule has 82 valence electrons. The maximum absolute atomic E-state index is 10.6. The summed E-state index contributed by atoms with van der Waals surface area (Å²) in [6.45, 7) is 2.67. The minimum atomic E-state index is -1.45. The Hall–Kier alpha value is -0.690. The lowest BCUT2D eigenvalue weighted by atomic mass is 10.00. The van der Waals surface area contributed by atoms with Crippen LogP contribution >= 0.6 is 0 Å². The van der Waals surface area contributed by atoms with Crippen LogP contribution < -0.4 is 0 Å². The second-order valence-electron chi connectivity index (χ2n) is 3.29. The highest BCUT2D eigenvalue weighted by Crippen LogP contribution is 2.21. The van der Waals surface area contributed by atoms with Crippen LogP contribution in [-0.2, 0) is 14.3 Å². The van der Waals surface area contributed by atoms with Gasteiger partial charge in [0, 0.05) is 6.92 Å². The van der Waals surface area contributed by atoms with Gasteiger partial charge in [-0.1, -0.05) is 0 Å². The van der Waals surface area contributed by atoms with Crippen molar-refractivity contribution in [3.63, 3.8) is 0 Å². The van der Waals surface area contributed by atoms with Gasteiger partial charge >= 0.3 is 5.97 Å². The first-order chi connectivity index (χ1) is 6.43. The maximum atomic E-state index is 10.6. The fraction of sp³-hybridized carbons (Fsp3) is 0.875. The van der Waals surface area contributed by atoms with Crippen LogP contribution in [0.5, 0.6) is 0 Å². The Kier molecular flexibility index (Phi) is 3.43. The molecule has 0 aromatic rings. The summed E-state index contributed by atoms with van der Waals surface area (Å²) < 4.78 is 9.46. The number of hydrogen-bond donors (Lipinski definition) is 3. The van der Waals surface area contributed by atoms with Crippen molar-refractivity contribution in [2.24, 2.45) is 0 Å². The molecule has 1 saturated heterocycles. The molecule has 0 amide bonds. The first kappa shape index (κ1) is 11.4. The van der Waals surface area contributed by atoms with Crippen LogP contribution in [0.4, 0.5) is 0 Å². The Morgan fingerprint density at radius 3 is 2.36 bits per heavy atom. The summed E-state index contributed by atoms with van der Waals surface area (Å²) in [6, 6.07) is 0. The summed E-state index contributed by atoms with van der Waals surface area (Å²) in [7, 11) is 0. The highest BCUT2D eigenvalue weighted by Gasteiger charge is 2.44. The number of ether oxygens (including phenoxy) is 2. The van der Waals surface area contributed by atoms with E-state index in [9.17, 15) is 20.1 Å². The second-order valence-corrected chi connectivity index (χ2v) is 3.29. The zero-order valence-corrected chi connectivity index (χ0v) is 7.95. The monoisotopic (exact) mass is 206 g/mol. The van der Waals surface area contributed by atoms with Crippen molar-refractivity contribution in [2.45, 2.75) is 44.6 Å². The van der Waals surface area contributed by atoms with Crippen molar-refractivity contribution in [3.05, 3.63) is 0 Å². The number of hydrogen-bond acceptors (Lipinski definition) is 6. The van der Waals surface area contributed by atoms with Crippen LogP contribution in [-0.4, -0.2) is 52.0 Å². The predicted molar refractivity (Wildman–Crippen MR) is 44.1 cm³/mol. The molecule has 1 aliphatic rings. The lowest BCUT2D eigenvalue weighted by Gasteiger charge is -2.38. The Labute approximate surface area is 81.1 Å². The van der Waals surface area contributed by atoms with E-state index in [0.29, 0.717) is 0 Å². The van der Waals surface area contributed by atoms with E-state index >= 15 is 0 Å². The van der Waals surface area contributed by atoms with Gasteiger partial charge in [-0.05, 0) is 6.92 Å². The van der Waals surface area contributed by atoms with Gasteiger partial charge in [-0.15, -0.1) is 0 Å². The first-order valence-corrected chi connectivity index (χ1v) is 4.30. The number of aliphatic hydroxyl groups excluding tert-OH is 3. The standard InChI is InChI=1S/C8H14O6/c1-3-5(10)7(14-4(2)9)6(11)8(12)13-3/h3,5-8,10-12H,1-2H3/t3-,5-,6-,7+,8-/m1/s1. The molecule has 0 aromatic carbocycles. The average molecular weight is 206 g/mol. The molecule has 6 heteroatoms. The molecular formula is C8H14O6. The first-order valence-electron chi connectivity index (χ1n) is 4.30. The smallest absolute Gasteiger partial charge is 0.303 e. The van der Waals surface area contributed by atoms with Gasteiger partial charge in [-0.25, -0.2) is 0 Å². The topological polar surface area (TPSA) is 96.2 Å². The number of carbonyl (C=O) groups excluding carboxylic acids is 1. The molecule has 0 bridgehead atoms. The molecule has 1 fully saturated rings. The summed E-state index contributed by atoms with van der Waals surface area (Å²) in [5.74, 6) is -0.630. The molecule has 0 aliphatic carbocycles. The Morgan fingerprint density at radius 2 is 1.86 bits per heavy atom. The lowest BCUT2D eigenvalue weighted by Crippen LogP contribution is -2.57. The van der Waals surface area contributed by atoms with Crippen molar-refractivity contribution in [2.75, 3.05) is 0 Å². The van der Waals surface area contributed by atoms with E-state index in [0.717, 1.165) is 6.92 Å². The number of rotatable bonds is 1. The molecule has 0 saturated carbocycles.